The SMILES string of the molecule is C=Cc1ccc(COCCCCOc2ccc(/C=C/C(=O)c3ccccc3)cc2)cc1. The van der Waals surface area contributed by atoms with Gasteiger partial charge in [-0.3, -0.25) is 4.79 Å². The molecule has 158 valence electrons. The minimum Gasteiger partial charge on any atom is -0.494 e. The van der Waals surface area contributed by atoms with Crippen LogP contribution in [0.1, 0.15) is 39.9 Å². The Morgan fingerprint density at radius 1 is 0.806 bits per heavy atom. The van der Waals surface area contributed by atoms with Gasteiger partial charge < -0.3 is 9.47 Å². The molecule has 0 aliphatic carbocycles. The van der Waals surface area contributed by atoms with Crippen LogP contribution in [-0.2, 0) is 11.3 Å². The molecule has 3 rings (SSSR count). The monoisotopic (exact) mass is 412 g/mol. The fraction of sp³-hybridized carbons (Fsp3) is 0.179. The number of unbranched alkanes of at least 4 members (excludes halogenated alkanes) is 1. The fourth-order valence-electron chi connectivity index (χ4n) is 2.98. The highest BCUT2D eigenvalue weighted by Crippen LogP contribution is 2.14. The zero-order valence-corrected chi connectivity index (χ0v) is 17.7. The van der Waals surface area contributed by atoms with Crippen molar-refractivity contribution in [3.8, 4) is 5.75 Å². The van der Waals surface area contributed by atoms with Crippen LogP contribution in [0.2, 0.25) is 0 Å². The van der Waals surface area contributed by atoms with Gasteiger partial charge in [-0.15, -0.1) is 0 Å². The van der Waals surface area contributed by atoms with Crippen LogP contribution >= 0.6 is 0 Å². The first-order valence-corrected chi connectivity index (χ1v) is 10.5. The van der Waals surface area contributed by atoms with E-state index < -0.39 is 0 Å². The predicted octanol–water partition coefficient (Wildman–Crippen LogP) is 6.60. The van der Waals surface area contributed by atoms with Crippen LogP contribution in [0.15, 0.2) is 91.5 Å². The highest BCUT2D eigenvalue weighted by Gasteiger charge is 2.00. The third-order valence-electron chi connectivity index (χ3n) is 4.80. The zero-order chi connectivity index (χ0) is 21.7. The number of ether oxygens (including phenoxy) is 2. The van der Waals surface area contributed by atoms with Gasteiger partial charge in [0.05, 0.1) is 13.2 Å². The number of hydrogen-bond donors (Lipinski definition) is 0. The lowest BCUT2D eigenvalue weighted by atomic mass is 10.1. The molecule has 31 heavy (non-hydrogen) atoms. The first-order chi connectivity index (χ1) is 15.2. The highest BCUT2D eigenvalue weighted by molar-refractivity contribution is 6.06. The van der Waals surface area contributed by atoms with E-state index in [2.05, 4.69) is 18.7 Å². The molecule has 0 aromatic heterocycles. The molecule has 0 aliphatic heterocycles. The summed E-state index contributed by atoms with van der Waals surface area (Å²) in [4.78, 5) is 12.1. The molecule has 0 radical (unpaired) electrons. The summed E-state index contributed by atoms with van der Waals surface area (Å²) >= 11 is 0. The zero-order valence-electron chi connectivity index (χ0n) is 17.7. The van der Waals surface area contributed by atoms with Crippen molar-refractivity contribution < 1.29 is 14.3 Å². The summed E-state index contributed by atoms with van der Waals surface area (Å²) in [5.41, 5.74) is 3.94. The van der Waals surface area contributed by atoms with Crippen molar-refractivity contribution in [1.29, 1.82) is 0 Å². The lowest BCUT2D eigenvalue weighted by Gasteiger charge is -2.07. The maximum atomic E-state index is 12.1. The second kappa shape index (κ2) is 12.3. The topological polar surface area (TPSA) is 35.5 Å². The van der Waals surface area contributed by atoms with Crippen LogP contribution < -0.4 is 4.74 Å². The summed E-state index contributed by atoms with van der Waals surface area (Å²) in [6.07, 6.45) is 7.14. The van der Waals surface area contributed by atoms with Crippen LogP contribution in [0.25, 0.3) is 12.2 Å². The molecule has 0 saturated carbocycles. The molecule has 0 amide bonds. The predicted molar refractivity (Wildman–Crippen MR) is 127 cm³/mol. The number of rotatable bonds is 12. The molecule has 3 aromatic rings. The third-order valence-corrected chi connectivity index (χ3v) is 4.80. The average molecular weight is 413 g/mol. The van der Waals surface area contributed by atoms with Gasteiger partial charge in [-0.05, 0) is 47.7 Å². The van der Waals surface area contributed by atoms with Crippen LogP contribution in [0.3, 0.4) is 0 Å². The van der Waals surface area contributed by atoms with Gasteiger partial charge in [0.2, 0.25) is 0 Å². The molecule has 0 saturated heterocycles. The molecule has 0 aliphatic rings. The van der Waals surface area contributed by atoms with Gasteiger partial charge in [0.15, 0.2) is 5.78 Å². The summed E-state index contributed by atoms with van der Waals surface area (Å²) in [5, 5.41) is 0. The van der Waals surface area contributed by atoms with Crippen LogP contribution in [0.4, 0.5) is 0 Å². The van der Waals surface area contributed by atoms with E-state index in [9.17, 15) is 4.79 Å². The molecule has 3 aromatic carbocycles. The molecule has 0 spiro atoms. The number of hydrogen-bond acceptors (Lipinski definition) is 3. The molecule has 0 heterocycles. The van der Waals surface area contributed by atoms with Crippen LogP contribution in [0.5, 0.6) is 5.75 Å². The Morgan fingerprint density at radius 3 is 2.19 bits per heavy atom. The van der Waals surface area contributed by atoms with E-state index in [1.807, 2.05) is 78.9 Å². The van der Waals surface area contributed by atoms with Gasteiger partial charge in [0.1, 0.15) is 5.75 Å². The Morgan fingerprint density at radius 2 is 1.48 bits per heavy atom. The Balaban J connectivity index is 1.30. The van der Waals surface area contributed by atoms with Gasteiger partial charge in [0, 0.05) is 12.2 Å². The Labute approximate surface area is 184 Å². The average Bonchev–Trinajstić information content (AvgIpc) is 2.83. The van der Waals surface area contributed by atoms with Crippen molar-refractivity contribution in [3.05, 3.63) is 114 Å². The molecule has 0 bridgehead atoms. The van der Waals surface area contributed by atoms with Gasteiger partial charge in [-0.25, -0.2) is 0 Å². The quantitative estimate of drug-likeness (QED) is 0.191. The fourth-order valence-corrected chi connectivity index (χ4v) is 2.98. The summed E-state index contributed by atoms with van der Waals surface area (Å²) in [7, 11) is 0. The molecule has 0 N–H and O–H groups in total. The lowest BCUT2D eigenvalue weighted by Crippen LogP contribution is -2.01. The van der Waals surface area contributed by atoms with Crippen molar-refractivity contribution in [2.24, 2.45) is 0 Å². The van der Waals surface area contributed by atoms with Crippen molar-refractivity contribution >= 4 is 17.9 Å². The number of ketones is 1. The van der Waals surface area contributed by atoms with E-state index in [1.54, 1.807) is 6.08 Å². The standard InChI is InChI=1S/C28H28O3/c1-2-23-10-12-25(13-11-23)22-30-20-6-7-21-31-27-17-14-24(15-18-27)16-19-28(29)26-8-4-3-5-9-26/h2-5,8-19H,1,6-7,20-22H2/b19-16+. The molecule has 0 atom stereocenters. The Kier molecular flexibility index (Phi) is 8.84. The summed E-state index contributed by atoms with van der Waals surface area (Å²) in [6.45, 7) is 5.75. The first-order valence-electron chi connectivity index (χ1n) is 10.5. The Hall–Kier alpha value is -3.43. The largest absolute Gasteiger partial charge is 0.494 e. The minimum absolute atomic E-state index is 0.00285. The number of benzene rings is 3. The first kappa shape index (κ1) is 22.3. The second-order valence-electron chi connectivity index (χ2n) is 7.19. The third kappa shape index (κ3) is 7.72. The summed E-state index contributed by atoms with van der Waals surface area (Å²) in [6, 6.07) is 25.2. The van der Waals surface area contributed by atoms with E-state index >= 15 is 0 Å². The van der Waals surface area contributed by atoms with Crippen LogP contribution in [-0.4, -0.2) is 19.0 Å². The van der Waals surface area contributed by atoms with E-state index in [-0.39, 0.29) is 5.78 Å². The molecular weight excluding hydrogens is 384 g/mol. The highest BCUT2D eigenvalue weighted by atomic mass is 16.5. The van der Waals surface area contributed by atoms with Crippen LogP contribution in [0, 0.1) is 0 Å². The number of carbonyl (C=O) groups excluding carboxylic acids is 1. The lowest BCUT2D eigenvalue weighted by molar-refractivity contribution is 0.104. The van der Waals surface area contributed by atoms with E-state index in [4.69, 9.17) is 9.47 Å². The van der Waals surface area contributed by atoms with Crippen molar-refractivity contribution in [1.82, 2.24) is 0 Å². The Bertz CT molecular complexity index is 971. The van der Waals surface area contributed by atoms with E-state index in [1.165, 1.54) is 5.56 Å². The van der Waals surface area contributed by atoms with Crippen molar-refractivity contribution in [2.45, 2.75) is 19.4 Å². The van der Waals surface area contributed by atoms with Gasteiger partial charge in [-0.1, -0.05) is 85.5 Å². The maximum Gasteiger partial charge on any atom is 0.185 e. The van der Waals surface area contributed by atoms with E-state index in [0.717, 1.165) is 29.7 Å². The van der Waals surface area contributed by atoms with Gasteiger partial charge in [0.25, 0.3) is 0 Å². The van der Waals surface area contributed by atoms with Crippen molar-refractivity contribution in [2.75, 3.05) is 13.2 Å². The molecular formula is C28H28O3. The molecule has 3 heteroatoms. The molecule has 0 fully saturated rings. The smallest absolute Gasteiger partial charge is 0.185 e. The minimum atomic E-state index is -0.00285. The summed E-state index contributed by atoms with van der Waals surface area (Å²) < 4.78 is 11.5. The van der Waals surface area contributed by atoms with Crippen molar-refractivity contribution in [3.63, 3.8) is 0 Å². The molecule has 3 nitrogen and oxygen atoms in total. The number of allylic oxidation sites excluding steroid dienone is 1. The summed E-state index contributed by atoms with van der Waals surface area (Å²) in [5.74, 6) is 0.826. The van der Waals surface area contributed by atoms with Gasteiger partial charge >= 0.3 is 0 Å². The molecule has 0 unspecified atom stereocenters. The number of carbonyl (C=O) groups is 1. The van der Waals surface area contributed by atoms with E-state index in [0.29, 0.717) is 25.4 Å². The second-order valence-corrected chi connectivity index (χ2v) is 7.19. The van der Waals surface area contributed by atoms with Gasteiger partial charge in [-0.2, -0.15) is 0 Å². The normalized spacial score (nSPS) is 10.8. The maximum absolute atomic E-state index is 12.1.